The van der Waals surface area contributed by atoms with Crippen LogP contribution >= 0.6 is 23.2 Å². The van der Waals surface area contributed by atoms with Crippen LogP contribution in [-0.2, 0) is 0 Å². The van der Waals surface area contributed by atoms with Crippen molar-refractivity contribution in [3.05, 3.63) is 0 Å². The monoisotopic (exact) mass is 302 g/mol. The van der Waals surface area contributed by atoms with Crippen molar-refractivity contribution in [3.8, 4) is 0 Å². The van der Waals surface area contributed by atoms with Crippen LogP contribution in [0.2, 0.25) is 0 Å². The Kier molecular flexibility index (Phi) is 3.99. The Labute approximate surface area is 92.3 Å². The van der Waals surface area contributed by atoms with E-state index in [2.05, 4.69) is 23.2 Å². The van der Waals surface area contributed by atoms with E-state index in [4.69, 9.17) is 0 Å². The van der Waals surface area contributed by atoms with Gasteiger partial charge in [0.15, 0.2) is 4.84 Å². The summed E-state index contributed by atoms with van der Waals surface area (Å²) < 4.78 is 108. The standard InChI is InChI=1S/C5HCl2F9/c6-1(7)2(8,9)3(10,11)4(12,13)5(14,15)16/h1H. The van der Waals surface area contributed by atoms with Crippen molar-refractivity contribution in [2.75, 3.05) is 0 Å². The molecule has 0 aromatic heterocycles. The van der Waals surface area contributed by atoms with E-state index in [1.807, 2.05) is 0 Å². The van der Waals surface area contributed by atoms with Crippen LogP contribution < -0.4 is 0 Å². The van der Waals surface area contributed by atoms with Crippen LogP contribution in [0.3, 0.4) is 0 Å². The summed E-state index contributed by atoms with van der Waals surface area (Å²) in [7, 11) is 0. The third-order valence-electron chi connectivity index (χ3n) is 1.44. The van der Waals surface area contributed by atoms with Gasteiger partial charge < -0.3 is 0 Å². The van der Waals surface area contributed by atoms with E-state index in [1.165, 1.54) is 0 Å². The Hall–Kier alpha value is -0.0500. The molecule has 0 N–H and O–H groups in total. The second kappa shape index (κ2) is 4.01. The molecule has 0 heterocycles. The summed E-state index contributed by atoms with van der Waals surface area (Å²) in [5.74, 6) is -19.6. The summed E-state index contributed by atoms with van der Waals surface area (Å²) in [4.78, 5) is -3.42. The molecule has 0 spiro atoms. The summed E-state index contributed by atoms with van der Waals surface area (Å²) in [6.45, 7) is 0. The Morgan fingerprint density at radius 1 is 0.625 bits per heavy atom. The second-order valence-corrected chi connectivity index (χ2v) is 3.67. The van der Waals surface area contributed by atoms with Crippen molar-refractivity contribution in [2.24, 2.45) is 0 Å². The van der Waals surface area contributed by atoms with Crippen LogP contribution in [0.25, 0.3) is 0 Å². The van der Waals surface area contributed by atoms with Crippen molar-refractivity contribution in [3.63, 3.8) is 0 Å². The fraction of sp³-hybridized carbons (Fsp3) is 1.00. The quantitative estimate of drug-likeness (QED) is 0.540. The smallest absolute Gasteiger partial charge is 0.196 e. The molecule has 0 saturated heterocycles. The van der Waals surface area contributed by atoms with E-state index >= 15 is 0 Å². The third kappa shape index (κ3) is 2.15. The molecule has 0 aliphatic heterocycles. The molecule has 16 heavy (non-hydrogen) atoms. The Morgan fingerprint density at radius 2 is 0.938 bits per heavy atom. The molecule has 0 saturated carbocycles. The van der Waals surface area contributed by atoms with Gasteiger partial charge in [0, 0.05) is 0 Å². The van der Waals surface area contributed by atoms with Gasteiger partial charge in [0.05, 0.1) is 0 Å². The predicted molar refractivity (Wildman–Crippen MR) is 36.4 cm³/mol. The summed E-state index contributed by atoms with van der Waals surface area (Å²) in [5, 5.41) is 0. The summed E-state index contributed by atoms with van der Waals surface area (Å²) in [6.07, 6.45) is -6.86. The average Bonchev–Trinajstić information content (AvgIpc) is 2.00. The van der Waals surface area contributed by atoms with E-state index in [0.29, 0.717) is 0 Å². The molecule has 0 aliphatic carbocycles. The van der Waals surface area contributed by atoms with Gasteiger partial charge in [0.1, 0.15) is 0 Å². The van der Waals surface area contributed by atoms with Crippen LogP contribution in [0, 0.1) is 0 Å². The van der Waals surface area contributed by atoms with Gasteiger partial charge in [-0.15, -0.1) is 0 Å². The Bertz CT molecular complexity index is 255. The molecule has 0 nitrogen and oxygen atoms in total. The lowest BCUT2D eigenvalue weighted by Crippen LogP contribution is -2.62. The van der Waals surface area contributed by atoms with E-state index in [0.717, 1.165) is 0 Å². The third-order valence-corrected chi connectivity index (χ3v) is 1.99. The van der Waals surface area contributed by atoms with Crippen molar-refractivity contribution < 1.29 is 39.5 Å². The summed E-state index contributed by atoms with van der Waals surface area (Å²) in [5.41, 5.74) is 0. The molecule has 0 amide bonds. The molecule has 0 fully saturated rings. The van der Waals surface area contributed by atoms with Gasteiger partial charge >= 0.3 is 23.9 Å². The lowest BCUT2D eigenvalue weighted by atomic mass is 10.1. The minimum atomic E-state index is -6.95. The normalized spacial score (nSPS) is 15.8. The van der Waals surface area contributed by atoms with Crippen LogP contribution in [0.1, 0.15) is 0 Å². The molecule has 0 bridgehead atoms. The highest BCUT2D eigenvalue weighted by molar-refractivity contribution is 6.45. The zero-order valence-electron chi connectivity index (χ0n) is 6.73. The lowest BCUT2D eigenvalue weighted by molar-refractivity contribution is -0.393. The molecule has 0 atom stereocenters. The van der Waals surface area contributed by atoms with Crippen molar-refractivity contribution >= 4 is 23.2 Å². The molecule has 0 radical (unpaired) electrons. The molecule has 0 aliphatic rings. The largest absolute Gasteiger partial charge is 0.460 e. The number of rotatable bonds is 3. The number of halogens is 11. The first-order valence-corrected chi connectivity index (χ1v) is 4.05. The van der Waals surface area contributed by atoms with Crippen LogP contribution in [-0.4, -0.2) is 28.8 Å². The van der Waals surface area contributed by atoms with Gasteiger partial charge in [0.25, 0.3) is 0 Å². The molecule has 0 aromatic carbocycles. The number of hydrogen-bond donors (Lipinski definition) is 0. The fourth-order valence-corrected chi connectivity index (χ4v) is 0.798. The highest BCUT2D eigenvalue weighted by Crippen LogP contribution is 2.55. The van der Waals surface area contributed by atoms with Crippen molar-refractivity contribution in [1.29, 1.82) is 0 Å². The molecule has 98 valence electrons. The average molecular weight is 303 g/mol. The van der Waals surface area contributed by atoms with Crippen molar-refractivity contribution in [1.82, 2.24) is 0 Å². The Balaban J connectivity index is 5.53. The highest BCUT2D eigenvalue weighted by Gasteiger charge is 2.82. The molecular formula is C5HCl2F9. The molecule has 11 heteroatoms. The van der Waals surface area contributed by atoms with E-state index in [-0.39, 0.29) is 0 Å². The zero-order valence-corrected chi connectivity index (χ0v) is 8.25. The SMILES string of the molecule is FC(F)(F)C(F)(F)C(F)(F)C(F)(F)C(Cl)Cl. The topological polar surface area (TPSA) is 0 Å². The first kappa shape index (κ1) is 16.0. The predicted octanol–water partition coefficient (Wildman–Crippen LogP) is 4.26. The van der Waals surface area contributed by atoms with Crippen molar-refractivity contribution in [2.45, 2.75) is 28.8 Å². The Morgan fingerprint density at radius 3 is 1.12 bits per heavy atom. The molecule has 0 unspecified atom stereocenters. The number of alkyl halides is 11. The fourth-order valence-electron chi connectivity index (χ4n) is 0.524. The lowest BCUT2D eigenvalue weighted by Gasteiger charge is -2.34. The summed E-state index contributed by atoms with van der Waals surface area (Å²) >= 11 is 8.49. The van der Waals surface area contributed by atoms with Gasteiger partial charge in [-0.25, -0.2) is 0 Å². The minimum Gasteiger partial charge on any atom is -0.196 e. The second-order valence-electron chi connectivity index (χ2n) is 2.57. The summed E-state index contributed by atoms with van der Waals surface area (Å²) in [6, 6.07) is 0. The van der Waals surface area contributed by atoms with Crippen LogP contribution in [0.15, 0.2) is 0 Å². The van der Waals surface area contributed by atoms with Gasteiger partial charge in [0.2, 0.25) is 0 Å². The first-order valence-electron chi connectivity index (χ1n) is 3.18. The van der Waals surface area contributed by atoms with E-state index in [1.54, 1.807) is 0 Å². The van der Waals surface area contributed by atoms with Crippen LogP contribution in [0.4, 0.5) is 39.5 Å². The molecular weight excluding hydrogens is 302 g/mol. The van der Waals surface area contributed by atoms with E-state index < -0.39 is 28.8 Å². The van der Waals surface area contributed by atoms with Crippen LogP contribution in [0.5, 0.6) is 0 Å². The van der Waals surface area contributed by atoms with E-state index in [9.17, 15) is 39.5 Å². The highest BCUT2D eigenvalue weighted by atomic mass is 35.5. The first-order chi connectivity index (χ1) is 6.69. The van der Waals surface area contributed by atoms with Gasteiger partial charge in [-0.2, -0.15) is 39.5 Å². The van der Waals surface area contributed by atoms with Gasteiger partial charge in [-0.3, -0.25) is 0 Å². The number of hydrogen-bond acceptors (Lipinski definition) is 0. The van der Waals surface area contributed by atoms with Gasteiger partial charge in [-0.05, 0) is 0 Å². The molecule has 0 rings (SSSR count). The maximum Gasteiger partial charge on any atom is 0.460 e. The maximum atomic E-state index is 12.4. The zero-order chi connectivity index (χ0) is 13.6. The minimum absolute atomic E-state index is 3.42. The maximum absolute atomic E-state index is 12.4. The molecule has 0 aromatic rings. The van der Waals surface area contributed by atoms with Gasteiger partial charge in [-0.1, -0.05) is 23.2 Å².